The quantitative estimate of drug-likeness (QED) is 0.880. The monoisotopic (exact) mass is 360 g/mol. The maximum Gasteiger partial charge on any atom is 0.267 e. The average Bonchev–Trinajstić information content (AvgIpc) is 3.12. The van der Waals surface area contributed by atoms with Crippen LogP contribution in [0.4, 0.5) is 4.39 Å². The van der Waals surface area contributed by atoms with E-state index in [1.807, 2.05) is 6.92 Å². The van der Waals surface area contributed by atoms with E-state index in [4.69, 9.17) is 4.74 Å². The first kappa shape index (κ1) is 17.0. The summed E-state index contributed by atoms with van der Waals surface area (Å²) in [6.45, 7) is 2.83. The standard InChI is InChI=1S/C19H21FN2O4/c1-10-4-5-11-7-12(20)8-14-16(11)22(10)19(25)15(17(14)23)18(24)21-9-13-3-2-6-26-13/h7-8,10,13,23H,2-6,9H2,1H3,(H,21,24)/t10-,13+/m0/s1. The Morgan fingerprint density at radius 2 is 2.23 bits per heavy atom. The Morgan fingerprint density at radius 1 is 1.42 bits per heavy atom. The molecule has 2 aromatic rings. The predicted molar refractivity (Wildman–Crippen MR) is 94.2 cm³/mol. The molecular formula is C19H21FN2O4. The molecule has 26 heavy (non-hydrogen) atoms. The molecule has 6 nitrogen and oxygen atoms in total. The van der Waals surface area contributed by atoms with Gasteiger partial charge in [-0.2, -0.15) is 0 Å². The zero-order valence-electron chi connectivity index (χ0n) is 14.5. The van der Waals surface area contributed by atoms with E-state index in [0.717, 1.165) is 12.8 Å². The maximum atomic E-state index is 14.0. The van der Waals surface area contributed by atoms with Gasteiger partial charge in [-0.05, 0) is 50.3 Å². The third-order valence-electron chi connectivity index (χ3n) is 5.33. The smallest absolute Gasteiger partial charge is 0.267 e. The molecule has 4 rings (SSSR count). The molecule has 7 heteroatoms. The highest BCUT2D eigenvalue weighted by Gasteiger charge is 2.29. The summed E-state index contributed by atoms with van der Waals surface area (Å²) in [5.74, 6) is -1.61. The highest BCUT2D eigenvalue weighted by Crippen LogP contribution is 2.35. The molecule has 2 N–H and O–H groups in total. The van der Waals surface area contributed by atoms with Crippen LogP contribution in [0.5, 0.6) is 5.75 Å². The second-order valence-electron chi connectivity index (χ2n) is 7.09. The van der Waals surface area contributed by atoms with Crippen molar-refractivity contribution in [2.75, 3.05) is 13.2 Å². The summed E-state index contributed by atoms with van der Waals surface area (Å²) >= 11 is 0. The van der Waals surface area contributed by atoms with E-state index in [1.54, 1.807) is 0 Å². The van der Waals surface area contributed by atoms with Crippen molar-refractivity contribution >= 4 is 16.8 Å². The number of nitrogens with zero attached hydrogens (tertiary/aromatic N) is 1. The van der Waals surface area contributed by atoms with Gasteiger partial charge in [-0.15, -0.1) is 0 Å². The average molecular weight is 360 g/mol. The van der Waals surface area contributed by atoms with Gasteiger partial charge in [0.1, 0.15) is 17.1 Å². The number of hydrogen-bond donors (Lipinski definition) is 2. The molecule has 1 aromatic heterocycles. The summed E-state index contributed by atoms with van der Waals surface area (Å²) in [5, 5.41) is 13.5. The maximum absolute atomic E-state index is 14.0. The molecule has 0 aliphatic carbocycles. The molecule has 1 amide bonds. The Hall–Kier alpha value is -2.41. The molecule has 1 aromatic carbocycles. The van der Waals surface area contributed by atoms with Gasteiger partial charge in [0, 0.05) is 24.6 Å². The predicted octanol–water partition coefficient (Wildman–Crippen LogP) is 2.26. The second-order valence-corrected chi connectivity index (χ2v) is 7.09. The van der Waals surface area contributed by atoms with Crippen LogP contribution in [0.2, 0.25) is 0 Å². The minimum absolute atomic E-state index is 0.0781. The SMILES string of the molecule is C[C@H]1CCc2cc(F)cc3c(O)c(C(=O)NC[C@H]4CCCO4)c(=O)n1c23. The lowest BCUT2D eigenvalue weighted by molar-refractivity contribution is 0.0854. The number of carbonyl (C=O) groups is 1. The van der Waals surface area contributed by atoms with Crippen LogP contribution in [0.3, 0.4) is 0 Å². The van der Waals surface area contributed by atoms with Gasteiger partial charge in [-0.3, -0.25) is 9.59 Å². The molecule has 1 saturated heterocycles. The van der Waals surface area contributed by atoms with Crippen molar-refractivity contribution in [3.8, 4) is 5.75 Å². The van der Waals surface area contributed by atoms with Crippen LogP contribution in [-0.2, 0) is 11.2 Å². The van der Waals surface area contributed by atoms with Crippen LogP contribution in [0, 0.1) is 5.82 Å². The van der Waals surface area contributed by atoms with Crippen LogP contribution in [-0.4, -0.2) is 34.8 Å². The highest BCUT2D eigenvalue weighted by atomic mass is 19.1. The van der Waals surface area contributed by atoms with E-state index >= 15 is 0 Å². The topological polar surface area (TPSA) is 80.6 Å². The largest absolute Gasteiger partial charge is 0.506 e. The number of amides is 1. The van der Waals surface area contributed by atoms with Crippen molar-refractivity contribution in [3.63, 3.8) is 0 Å². The number of aromatic hydroxyl groups is 1. The molecule has 3 heterocycles. The molecule has 0 unspecified atom stereocenters. The van der Waals surface area contributed by atoms with Gasteiger partial charge in [0.2, 0.25) is 0 Å². The normalized spacial score (nSPS) is 21.9. The molecule has 2 atom stereocenters. The third-order valence-corrected chi connectivity index (χ3v) is 5.33. The zero-order valence-corrected chi connectivity index (χ0v) is 14.5. The van der Waals surface area contributed by atoms with Crippen LogP contribution in [0.15, 0.2) is 16.9 Å². The van der Waals surface area contributed by atoms with Crippen molar-refractivity contribution in [2.45, 2.75) is 44.8 Å². The molecule has 138 valence electrons. The Balaban J connectivity index is 1.82. The molecular weight excluding hydrogens is 339 g/mol. The second kappa shape index (κ2) is 6.39. The first-order valence-corrected chi connectivity index (χ1v) is 8.96. The minimum Gasteiger partial charge on any atom is -0.506 e. The summed E-state index contributed by atoms with van der Waals surface area (Å²) in [6.07, 6.45) is 3.01. The van der Waals surface area contributed by atoms with E-state index in [2.05, 4.69) is 5.32 Å². The molecule has 0 saturated carbocycles. The van der Waals surface area contributed by atoms with Gasteiger partial charge >= 0.3 is 0 Å². The zero-order chi connectivity index (χ0) is 18.4. The molecule has 0 bridgehead atoms. The number of hydrogen-bond acceptors (Lipinski definition) is 4. The van der Waals surface area contributed by atoms with Gasteiger partial charge < -0.3 is 19.7 Å². The molecule has 2 aliphatic rings. The molecule has 0 spiro atoms. The van der Waals surface area contributed by atoms with Gasteiger partial charge in [0.15, 0.2) is 0 Å². The minimum atomic E-state index is -0.655. The highest BCUT2D eigenvalue weighted by molar-refractivity contribution is 6.03. The summed E-state index contributed by atoms with van der Waals surface area (Å²) in [6, 6.07) is 2.44. The van der Waals surface area contributed by atoms with Crippen LogP contribution in [0.1, 0.15) is 48.1 Å². The van der Waals surface area contributed by atoms with Crippen LogP contribution < -0.4 is 10.9 Å². The van der Waals surface area contributed by atoms with Crippen molar-refractivity contribution < 1.29 is 19.0 Å². The number of benzene rings is 1. The van der Waals surface area contributed by atoms with Crippen molar-refractivity contribution in [3.05, 3.63) is 39.4 Å². The van der Waals surface area contributed by atoms with Crippen LogP contribution >= 0.6 is 0 Å². The van der Waals surface area contributed by atoms with Gasteiger partial charge in [-0.25, -0.2) is 4.39 Å². The molecule has 2 aliphatic heterocycles. The molecule has 0 radical (unpaired) electrons. The van der Waals surface area contributed by atoms with Gasteiger partial charge in [-0.1, -0.05) is 0 Å². The Labute approximate surface area is 149 Å². The first-order valence-electron chi connectivity index (χ1n) is 8.96. The molecule has 1 fully saturated rings. The fourth-order valence-corrected chi connectivity index (χ4v) is 3.99. The lowest BCUT2D eigenvalue weighted by Gasteiger charge is -2.26. The van der Waals surface area contributed by atoms with E-state index in [-0.39, 0.29) is 29.6 Å². The van der Waals surface area contributed by atoms with Gasteiger partial charge in [0.05, 0.1) is 11.6 Å². The van der Waals surface area contributed by atoms with Crippen molar-refractivity contribution in [2.24, 2.45) is 0 Å². The van der Waals surface area contributed by atoms with E-state index in [1.165, 1.54) is 16.7 Å². The summed E-state index contributed by atoms with van der Waals surface area (Å²) in [5.41, 5.74) is 0.320. The number of halogens is 1. The number of ether oxygens (including phenoxy) is 1. The number of aryl methyl sites for hydroxylation is 1. The third kappa shape index (κ3) is 2.67. The Morgan fingerprint density at radius 3 is 2.96 bits per heavy atom. The number of rotatable bonds is 3. The lowest BCUT2D eigenvalue weighted by Crippen LogP contribution is -2.38. The fraction of sp³-hybridized carbons (Fsp3) is 0.474. The number of pyridine rings is 1. The van der Waals surface area contributed by atoms with Gasteiger partial charge in [0.25, 0.3) is 11.5 Å². The lowest BCUT2D eigenvalue weighted by atomic mass is 9.95. The van der Waals surface area contributed by atoms with Crippen molar-refractivity contribution in [1.29, 1.82) is 0 Å². The van der Waals surface area contributed by atoms with E-state index in [9.17, 15) is 19.1 Å². The fourth-order valence-electron chi connectivity index (χ4n) is 3.99. The number of nitrogens with one attached hydrogen (secondary N) is 1. The summed E-state index contributed by atoms with van der Waals surface area (Å²) < 4.78 is 21.0. The van der Waals surface area contributed by atoms with E-state index < -0.39 is 23.0 Å². The Bertz CT molecular complexity index is 947. The number of aromatic nitrogens is 1. The van der Waals surface area contributed by atoms with E-state index in [0.29, 0.717) is 30.5 Å². The first-order chi connectivity index (χ1) is 12.5. The number of carbonyl (C=O) groups excluding carboxylic acids is 1. The van der Waals surface area contributed by atoms with Crippen LogP contribution in [0.25, 0.3) is 10.9 Å². The Kier molecular flexibility index (Phi) is 4.19. The summed E-state index contributed by atoms with van der Waals surface area (Å²) in [4.78, 5) is 25.6. The van der Waals surface area contributed by atoms with Crippen molar-refractivity contribution in [1.82, 2.24) is 9.88 Å². The summed E-state index contributed by atoms with van der Waals surface area (Å²) in [7, 11) is 0.